The number of allylic oxidation sites excluding steroid dienone is 1. The van der Waals surface area contributed by atoms with Crippen LogP contribution in [0.4, 0.5) is 0 Å². The van der Waals surface area contributed by atoms with E-state index < -0.39 is 121 Å². The number of esters is 3. The molecule has 0 aromatic heterocycles. The van der Waals surface area contributed by atoms with E-state index in [4.69, 9.17) is 37.9 Å². The van der Waals surface area contributed by atoms with Crippen LogP contribution in [0.15, 0.2) is 12.2 Å². The predicted molar refractivity (Wildman–Crippen MR) is 210 cm³/mol. The number of aliphatic hydroxyl groups excluding tert-OH is 2. The van der Waals surface area contributed by atoms with Crippen LogP contribution in [-0.4, -0.2) is 157 Å². The van der Waals surface area contributed by atoms with Gasteiger partial charge >= 0.3 is 17.9 Å². The van der Waals surface area contributed by atoms with E-state index in [1.807, 2.05) is 13.8 Å². The molecule has 3 aliphatic heterocycles. The number of cyclic esters (lactones) is 1. The van der Waals surface area contributed by atoms with Crippen molar-refractivity contribution in [3.05, 3.63) is 12.2 Å². The van der Waals surface area contributed by atoms with Crippen LogP contribution in [0, 0.1) is 17.8 Å². The van der Waals surface area contributed by atoms with E-state index in [1.54, 1.807) is 59.7 Å². The second kappa shape index (κ2) is 22.8. The summed E-state index contributed by atoms with van der Waals surface area (Å²) in [6.07, 6.45) is -9.36. The third-order valence-electron chi connectivity index (χ3n) is 11.1. The zero-order valence-corrected chi connectivity index (χ0v) is 36.5. The fourth-order valence-electron chi connectivity index (χ4n) is 8.29. The minimum Gasteiger partial charge on any atom is -0.462 e. The van der Waals surface area contributed by atoms with E-state index in [1.165, 1.54) is 13.2 Å². The Morgan fingerprint density at radius 1 is 1.00 bits per heavy atom. The van der Waals surface area contributed by atoms with E-state index >= 15 is 0 Å². The lowest BCUT2D eigenvalue weighted by atomic mass is 9.82. The van der Waals surface area contributed by atoms with Crippen molar-refractivity contribution in [3.63, 3.8) is 0 Å². The van der Waals surface area contributed by atoms with Crippen LogP contribution >= 0.6 is 0 Å². The molecule has 0 spiro atoms. The van der Waals surface area contributed by atoms with Crippen molar-refractivity contribution < 1.29 is 77.2 Å². The highest BCUT2D eigenvalue weighted by molar-refractivity contribution is 5.82. The van der Waals surface area contributed by atoms with Gasteiger partial charge in [0.05, 0.1) is 36.9 Å². The Hall–Kier alpha value is -2.87. The number of likely N-dealkylation sites (N-methyl/N-ethyl adjacent to an activating group) is 1. The second-order valence-corrected chi connectivity index (χ2v) is 17.2. The van der Waals surface area contributed by atoms with Crippen LogP contribution in [-0.2, 0) is 61.9 Å². The zero-order valence-electron chi connectivity index (χ0n) is 36.5. The van der Waals surface area contributed by atoms with Crippen LogP contribution in [0.1, 0.15) is 100 Å². The number of hydrogen-bond donors (Lipinski definition) is 3. The van der Waals surface area contributed by atoms with Crippen molar-refractivity contribution in [1.29, 1.82) is 0 Å². The Labute approximate surface area is 348 Å². The molecule has 2 fully saturated rings. The normalized spacial score (nSPS) is 40.0. The SMILES string of the molecule is CO[C@@H]1[C@@H](OC2OC(C)C(OC3CC(C)(O)C(OC(=O)CC(C)C)C(C)O3)C(N(C)C)C2O)[C@@H](CC=O)C[C@@H](C)C(=O)C/C=C\C(O)C[C@H](C)OC(=O)C[C@H]1OC(C)=O. The van der Waals surface area contributed by atoms with Gasteiger partial charge in [-0.3, -0.25) is 19.2 Å². The van der Waals surface area contributed by atoms with Crippen molar-refractivity contribution in [2.24, 2.45) is 17.8 Å². The number of carbonyl (C=O) groups is 5. The molecule has 0 aromatic carbocycles. The third-order valence-corrected chi connectivity index (χ3v) is 11.1. The quantitative estimate of drug-likeness (QED) is 0.111. The molecule has 0 bridgehead atoms. The topological polar surface area (TPSA) is 223 Å². The summed E-state index contributed by atoms with van der Waals surface area (Å²) in [5.74, 6) is -3.46. The molecule has 3 aliphatic rings. The van der Waals surface area contributed by atoms with Gasteiger partial charge in [0.1, 0.15) is 48.2 Å². The second-order valence-electron chi connectivity index (χ2n) is 17.2. The summed E-state index contributed by atoms with van der Waals surface area (Å²) in [6, 6.07) is -0.811. The number of ketones is 1. The Kier molecular flexibility index (Phi) is 19.5. The van der Waals surface area contributed by atoms with Gasteiger partial charge in [0.25, 0.3) is 0 Å². The molecule has 2 saturated heterocycles. The summed E-state index contributed by atoms with van der Waals surface area (Å²) < 4.78 is 48.3. The molecule has 0 aliphatic carbocycles. The fraction of sp³-hybridized carbons (Fsp3) is 0.833. The molecule has 3 rings (SSSR count). The molecule has 0 saturated carbocycles. The summed E-state index contributed by atoms with van der Waals surface area (Å²) in [6.45, 7) is 13.2. The summed E-state index contributed by atoms with van der Waals surface area (Å²) in [5.41, 5.74) is -1.52. The minimum atomic E-state index is -1.52. The van der Waals surface area contributed by atoms with E-state index in [0.717, 1.165) is 6.92 Å². The average Bonchev–Trinajstić information content (AvgIpc) is 3.10. The molecular formula is C42H69NO16. The number of aliphatic hydroxyl groups is 3. The van der Waals surface area contributed by atoms with Crippen molar-refractivity contribution >= 4 is 30.0 Å². The third kappa shape index (κ3) is 14.6. The maximum absolute atomic E-state index is 13.3. The van der Waals surface area contributed by atoms with Crippen molar-refractivity contribution in [2.45, 2.75) is 186 Å². The van der Waals surface area contributed by atoms with Gasteiger partial charge in [-0.2, -0.15) is 0 Å². The smallest absolute Gasteiger partial charge is 0.309 e. The van der Waals surface area contributed by atoms with Crippen LogP contribution < -0.4 is 0 Å². The predicted octanol–water partition coefficient (Wildman–Crippen LogP) is 2.42. The molecule has 16 atom stereocenters. The first kappa shape index (κ1) is 50.5. The lowest BCUT2D eigenvalue weighted by Gasteiger charge is -2.50. The van der Waals surface area contributed by atoms with Crippen LogP contribution in [0.25, 0.3) is 0 Å². The monoisotopic (exact) mass is 843 g/mol. The number of hydrogen-bond acceptors (Lipinski definition) is 17. The van der Waals surface area contributed by atoms with Gasteiger partial charge in [-0.05, 0) is 60.0 Å². The van der Waals surface area contributed by atoms with Crippen LogP contribution in [0.3, 0.4) is 0 Å². The van der Waals surface area contributed by atoms with Crippen molar-refractivity contribution in [1.82, 2.24) is 4.90 Å². The van der Waals surface area contributed by atoms with E-state index in [9.17, 15) is 39.3 Å². The largest absolute Gasteiger partial charge is 0.462 e. The maximum Gasteiger partial charge on any atom is 0.309 e. The zero-order chi connectivity index (χ0) is 44.4. The number of Topliss-reactive ketones (excluding diaryl/α,β-unsaturated/α-hetero) is 1. The summed E-state index contributed by atoms with van der Waals surface area (Å²) in [5, 5.41) is 34.0. The summed E-state index contributed by atoms with van der Waals surface area (Å²) in [4.78, 5) is 65.6. The molecule has 0 amide bonds. The van der Waals surface area contributed by atoms with Crippen LogP contribution in [0.2, 0.25) is 0 Å². The van der Waals surface area contributed by atoms with Gasteiger partial charge < -0.3 is 62.9 Å². The minimum absolute atomic E-state index is 0.00771. The number of ether oxygens (including phenoxy) is 8. The Balaban J connectivity index is 1.98. The fourth-order valence-corrected chi connectivity index (χ4v) is 8.29. The van der Waals surface area contributed by atoms with Gasteiger partial charge in [0.15, 0.2) is 18.7 Å². The number of aldehydes is 1. The van der Waals surface area contributed by atoms with E-state index in [-0.39, 0.29) is 50.2 Å². The average molecular weight is 844 g/mol. The molecule has 59 heavy (non-hydrogen) atoms. The Morgan fingerprint density at radius 2 is 1.68 bits per heavy atom. The first-order valence-corrected chi connectivity index (χ1v) is 20.7. The van der Waals surface area contributed by atoms with Gasteiger partial charge in [-0.1, -0.05) is 32.9 Å². The van der Waals surface area contributed by atoms with Gasteiger partial charge in [0, 0.05) is 52.1 Å². The van der Waals surface area contributed by atoms with Crippen molar-refractivity contribution in [2.75, 3.05) is 21.2 Å². The molecular weight excluding hydrogens is 774 g/mol. The highest BCUT2D eigenvalue weighted by atomic mass is 16.7. The highest BCUT2D eigenvalue weighted by Crippen LogP contribution is 2.38. The Morgan fingerprint density at radius 3 is 2.25 bits per heavy atom. The Bertz CT molecular complexity index is 1420. The number of rotatable bonds is 12. The lowest BCUT2D eigenvalue weighted by Crippen LogP contribution is -2.66. The first-order valence-electron chi connectivity index (χ1n) is 20.7. The lowest BCUT2D eigenvalue weighted by molar-refractivity contribution is -0.344. The molecule has 3 heterocycles. The van der Waals surface area contributed by atoms with Gasteiger partial charge in [-0.15, -0.1) is 0 Å². The number of carbonyl (C=O) groups excluding carboxylic acids is 5. The molecule has 10 unspecified atom stereocenters. The van der Waals surface area contributed by atoms with Crippen molar-refractivity contribution in [3.8, 4) is 0 Å². The molecule has 3 N–H and O–H groups in total. The van der Waals surface area contributed by atoms with Gasteiger partial charge in [0.2, 0.25) is 0 Å². The number of methoxy groups -OCH3 is 1. The standard InChI is InChI=1S/C42H69NO16/c1-22(2)17-32(48)57-40-26(6)54-34(21-42(40,8)51)58-37-25(5)55-41(36(50)35(37)43(9)10)59-38-28(15-16-44)18-23(3)30(47)14-12-13-29(46)19-24(4)53-33(49)20-31(39(38)52-11)56-27(7)45/h12-13,16,22-26,28-29,31,34-41,46,50-51H,14-15,17-21H2,1-11H3/b13-12-/t23-,24+,25?,26?,28+,29?,31-,34?,35?,36?,37?,38+,39+,40?,41?,42?/m1/s1. The molecule has 0 radical (unpaired) electrons. The number of nitrogens with zero attached hydrogens (tertiary/aromatic N) is 1. The molecule has 0 aromatic rings. The highest BCUT2D eigenvalue weighted by Gasteiger charge is 2.53. The van der Waals surface area contributed by atoms with E-state index in [2.05, 4.69) is 0 Å². The summed E-state index contributed by atoms with van der Waals surface area (Å²) in [7, 11) is 4.78. The molecule has 17 nitrogen and oxygen atoms in total. The van der Waals surface area contributed by atoms with Crippen LogP contribution in [0.5, 0.6) is 0 Å². The van der Waals surface area contributed by atoms with E-state index in [0.29, 0.717) is 6.29 Å². The molecule has 17 heteroatoms. The van der Waals surface area contributed by atoms with Gasteiger partial charge in [-0.25, -0.2) is 0 Å². The maximum atomic E-state index is 13.3. The first-order chi connectivity index (χ1) is 27.6. The molecule has 338 valence electrons. The summed E-state index contributed by atoms with van der Waals surface area (Å²) >= 11 is 0.